The molecule has 1 atom stereocenters. The number of methoxy groups -OCH3 is 1. The molecule has 1 fully saturated rings. The van der Waals surface area contributed by atoms with Crippen LogP contribution in [0.2, 0.25) is 0 Å². The zero-order valence-electron chi connectivity index (χ0n) is 14.2. The second kappa shape index (κ2) is 7.54. The number of rotatable bonds is 7. The second-order valence-corrected chi connectivity index (χ2v) is 6.17. The minimum absolute atomic E-state index is 0.0252. The number of ether oxygens (including phenoxy) is 1. The van der Waals surface area contributed by atoms with E-state index in [1.165, 1.54) is 0 Å². The Balaban J connectivity index is 1.96. The fourth-order valence-corrected chi connectivity index (χ4v) is 2.78. The summed E-state index contributed by atoms with van der Waals surface area (Å²) < 4.78 is 6.92. The van der Waals surface area contributed by atoms with E-state index < -0.39 is 0 Å². The summed E-state index contributed by atoms with van der Waals surface area (Å²) in [6.45, 7) is 6.00. The van der Waals surface area contributed by atoms with E-state index in [2.05, 4.69) is 10.2 Å². The summed E-state index contributed by atoms with van der Waals surface area (Å²) >= 11 is 0. The van der Waals surface area contributed by atoms with Crippen molar-refractivity contribution in [1.29, 1.82) is 0 Å². The largest absolute Gasteiger partial charge is 0.383 e. The molecule has 1 aromatic rings. The molecule has 0 spiro atoms. The molecular formula is C15H25N5O3. The summed E-state index contributed by atoms with van der Waals surface area (Å²) in [5.41, 5.74) is 0. The van der Waals surface area contributed by atoms with Gasteiger partial charge in [-0.05, 0) is 13.8 Å². The zero-order chi connectivity index (χ0) is 17.0. The van der Waals surface area contributed by atoms with Crippen molar-refractivity contribution < 1.29 is 14.3 Å². The molecule has 0 bridgehead atoms. The Morgan fingerprint density at radius 2 is 2.26 bits per heavy atom. The van der Waals surface area contributed by atoms with Gasteiger partial charge in [0.25, 0.3) is 0 Å². The van der Waals surface area contributed by atoms with Crippen LogP contribution in [0.15, 0.2) is 6.33 Å². The number of carbonyl (C=O) groups excluding carboxylic acids is 2. The number of nitrogens with zero attached hydrogens (tertiary/aromatic N) is 5. The lowest BCUT2D eigenvalue weighted by molar-refractivity contribution is -0.135. The maximum atomic E-state index is 12.6. The Morgan fingerprint density at radius 1 is 1.52 bits per heavy atom. The molecule has 0 radical (unpaired) electrons. The van der Waals surface area contributed by atoms with Crippen molar-refractivity contribution in [3.8, 4) is 0 Å². The van der Waals surface area contributed by atoms with Gasteiger partial charge in [-0.15, -0.1) is 10.2 Å². The van der Waals surface area contributed by atoms with Crippen molar-refractivity contribution in [2.24, 2.45) is 5.92 Å². The van der Waals surface area contributed by atoms with E-state index in [0.717, 1.165) is 0 Å². The Morgan fingerprint density at radius 3 is 2.87 bits per heavy atom. The van der Waals surface area contributed by atoms with Gasteiger partial charge in [0.15, 0.2) is 5.82 Å². The fraction of sp³-hybridized carbons (Fsp3) is 0.733. The van der Waals surface area contributed by atoms with Gasteiger partial charge in [-0.3, -0.25) is 9.59 Å². The van der Waals surface area contributed by atoms with Crippen molar-refractivity contribution in [3.05, 3.63) is 12.2 Å². The van der Waals surface area contributed by atoms with Crippen LogP contribution in [-0.2, 0) is 27.4 Å². The fourth-order valence-electron chi connectivity index (χ4n) is 2.78. The molecule has 0 aromatic carbocycles. The van der Waals surface area contributed by atoms with Gasteiger partial charge >= 0.3 is 0 Å². The minimum Gasteiger partial charge on any atom is -0.383 e. The van der Waals surface area contributed by atoms with Crippen molar-refractivity contribution in [2.45, 2.75) is 39.4 Å². The molecule has 2 rings (SSSR count). The summed E-state index contributed by atoms with van der Waals surface area (Å²) in [7, 11) is 3.37. The molecule has 0 aliphatic carbocycles. The molecule has 8 nitrogen and oxygen atoms in total. The quantitative estimate of drug-likeness (QED) is 0.713. The van der Waals surface area contributed by atoms with Crippen molar-refractivity contribution in [3.63, 3.8) is 0 Å². The summed E-state index contributed by atoms with van der Waals surface area (Å²) in [5, 5.41) is 7.95. The summed E-state index contributed by atoms with van der Waals surface area (Å²) in [6.07, 6.45) is 1.92. The lowest BCUT2D eigenvalue weighted by Gasteiger charge is -2.23. The Labute approximate surface area is 136 Å². The van der Waals surface area contributed by atoms with Crippen LogP contribution in [0.5, 0.6) is 0 Å². The van der Waals surface area contributed by atoms with Gasteiger partial charge in [-0.25, -0.2) is 0 Å². The van der Waals surface area contributed by atoms with Gasteiger partial charge in [-0.1, -0.05) is 0 Å². The SMILES string of the molecule is COCCn1cnnc1CN(C)C(=O)[C@H]1CC(=O)N(C(C)C)C1. The van der Waals surface area contributed by atoms with Gasteiger partial charge in [0, 0.05) is 39.7 Å². The monoisotopic (exact) mass is 323 g/mol. The molecule has 2 heterocycles. The molecule has 1 aliphatic rings. The molecule has 1 aliphatic heterocycles. The minimum atomic E-state index is -0.273. The highest BCUT2D eigenvalue weighted by atomic mass is 16.5. The first-order valence-electron chi connectivity index (χ1n) is 7.84. The molecule has 128 valence electrons. The summed E-state index contributed by atoms with van der Waals surface area (Å²) in [5.74, 6) is 0.464. The van der Waals surface area contributed by atoms with Gasteiger partial charge in [-0.2, -0.15) is 0 Å². The van der Waals surface area contributed by atoms with E-state index in [1.54, 1.807) is 30.3 Å². The third kappa shape index (κ3) is 4.07. The van der Waals surface area contributed by atoms with Crippen LogP contribution in [0.4, 0.5) is 0 Å². The van der Waals surface area contributed by atoms with E-state index in [0.29, 0.717) is 32.1 Å². The summed E-state index contributed by atoms with van der Waals surface area (Å²) in [4.78, 5) is 27.9. The standard InChI is InChI=1S/C15H25N5O3/c1-11(2)20-8-12(7-14(20)21)15(22)18(3)9-13-17-16-10-19(13)5-6-23-4/h10-12H,5-9H2,1-4H3/t12-/m0/s1. The van der Waals surface area contributed by atoms with E-state index in [-0.39, 0.29) is 30.2 Å². The van der Waals surface area contributed by atoms with Crippen LogP contribution < -0.4 is 0 Å². The Bertz CT molecular complexity index is 557. The number of amides is 2. The average Bonchev–Trinajstić information content (AvgIpc) is 3.10. The molecule has 0 unspecified atom stereocenters. The first-order valence-corrected chi connectivity index (χ1v) is 7.84. The lowest BCUT2D eigenvalue weighted by Crippen LogP contribution is -2.36. The van der Waals surface area contributed by atoms with E-state index in [4.69, 9.17) is 4.74 Å². The highest BCUT2D eigenvalue weighted by Crippen LogP contribution is 2.22. The number of aromatic nitrogens is 3. The van der Waals surface area contributed by atoms with Crippen LogP contribution in [0, 0.1) is 5.92 Å². The number of hydrogen-bond donors (Lipinski definition) is 0. The predicted octanol–water partition coefficient (Wildman–Crippen LogP) is 0.140. The van der Waals surface area contributed by atoms with Crippen molar-refractivity contribution in [1.82, 2.24) is 24.6 Å². The van der Waals surface area contributed by atoms with Crippen molar-refractivity contribution in [2.75, 3.05) is 27.3 Å². The van der Waals surface area contributed by atoms with Crippen LogP contribution in [0.1, 0.15) is 26.1 Å². The smallest absolute Gasteiger partial charge is 0.228 e. The predicted molar refractivity (Wildman–Crippen MR) is 83.3 cm³/mol. The van der Waals surface area contributed by atoms with Crippen LogP contribution >= 0.6 is 0 Å². The number of carbonyl (C=O) groups is 2. The van der Waals surface area contributed by atoms with Crippen LogP contribution in [-0.4, -0.2) is 69.7 Å². The molecule has 23 heavy (non-hydrogen) atoms. The van der Waals surface area contributed by atoms with Gasteiger partial charge in [0.1, 0.15) is 6.33 Å². The molecule has 8 heteroatoms. The molecule has 1 aromatic heterocycles. The summed E-state index contributed by atoms with van der Waals surface area (Å²) in [6, 6.07) is 0.128. The molecule has 1 saturated heterocycles. The van der Waals surface area contributed by atoms with Gasteiger partial charge in [0.2, 0.25) is 11.8 Å². The zero-order valence-corrected chi connectivity index (χ0v) is 14.2. The maximum absolute atomic E-state index is 12.6. The topological polar surface area (TPSA) is 80.6 Å². The van der Waals surface area contributed by atoms with Gasteiger partial charge < -0.3 is 19.1 Å². The Hall–Kier alpha value is -1.96. The maximum Gasteiger partial charge on any atom is 0.228 e. The molecule has 0 saturated carbocycles. The first kappa shape index (κ1) is 17.4. The van der Waals surface area contributed by atoms with Crippen molar-refractivity contribution >= 4 is 11.8 Å². The number of likely N-dealkylation sites (tertiary alicyclic amines) is 1. The first-order chi connectivity index (χ1) is 10.9. The average molecular weight is 323 g/mol. The molecule has 2 amide bonds. The van der Waals surface area contributed by atoms with Crippen LogP contribution in [0.25, 0.3) is 0 Å². The third-order valence-electron chi connectivity index (χ3n) is 4.12. The highest BCUT2D eigenvalue weighted by Gasteiger charge is 2.36. The molecule has 0 N–H and O–H groups in total. The van der Waals surface area contributed by atoms with E-state index >= 15 is 0 Å². The van der Waals surface area contributed by atoms with E-state index in [9.17, 15) is 9.59 Å². The number of hydrogen-bond acceptors (Lipinski definition) is 5. The Kier molecular flexibility index (Phi) is 5.70. The van der Waals surface area contributed by atoms with Gasteiger partial charge in [0.05, 0.1) is 19.1 Å². The third-order valence-corrected chi connectivity index (χ3v) is 4.12. The van der Waals surface area contributed by atoms with Crippen LogP contribution in [0.3, 0.4) is 0 Å². The van der Waals surface area contributed by atoms with E-state index in [1.807, 2.05) is 18.4 Å². The molecular weight excluding hydrogens is 298 g/mol. The lowest BCUT2D eigenvalue weighted by atomic mass is 10.1. The second-order valence-electron chi connectivity index (χ2n) is 6.17. The highest BCUT2D eigenvalue weighted by molar-refractivity contribution is 5.89. The normalized spacial score (nSPS) is 18.0.